The summed E-state index contributed by atoms with van der Waals surface area (Å²) in [4.78, 5) is 26.6. The molecule has 0 unspecified atom stereocenters. The minimum Gasteiger partial charge on any atom is -0.466 e. The minimum atomic E-state index is -3.64. The topological polar surface area (TPSA) is 84.0 Å². The number of esters is 1. The lowest BCUT2D eigenvalue weighted by atomic mass is 9.96. The number of carbonyl (C=O) groups is 2. The van der Waals surface area contributed by atoms with Gasteiger partial charge in [-0.15, -0.1) is 0 Å². The first-order valence-electron chi connectivity index (χ1n) is 9.82. The molecule has 0 aromatic heterocycles. The lowest BCUT2D eigenvalue weighted by Gasteiger charge is -2.31. The zero-order valence-electron chi connectivity index (χ0n) is 17.1. The molecule has 0 radical (unpaired) electrons. The molecule has 1 aliphatic rings. The monoisotopic (exact) mass is 410 g/mol. The first kappa shape index (κ1) is 22.4. The Balaban J connectivity index is 2.19. The summed E-state index contributed by atoms with van der Waals surface area (Å²) in [7, 11) is -3.64. The Morgan fingerprint density at radius 1 is 1.14 bits per heavy atom. The van der Waals surface area contributed by atoms with Crippen molar-refractivity contribution < 1.29 is 22.7 Å². The highest BCUT2D eigenvalue weighted by Crippen LogP contribution is 2.24. The van der Waals surface area contributed by atoms with E-state index >= 15 is 0 Å². The van der Waals surface area contributed by atoms with Crippen LogP contribution in [0.3, 0.4) is 0 Å². The molecule has 0 atom stereocenters. The van der Waals surface area contributed by atoms with Gasteiger partial charge in [-0.05, 0) is 44.4 Å². The summed E-state index contributed by atoms with van der Waals surface area (Å²) >= 11 is 0. The number of benzene rings is 1. The molecule has 8 heteroatoms. The van der Waals surface area contributed by atoms with E-state index in [2.05, 4.69) is 0 Å². The van der Waals surface area contributed by atoms with Crippen molar-refractivity contribution in [2.24, 2.45) is 5.92 Å². The van der Waals surface area contributed by atoms with Crippen molar-refractivity contribution in [3.05, 3.63) is 29.3 Å². The highest BCUT2D eigenvalue weighted by Gasteiger charge is 2.30. The summed E-state index contributed by atoms with van der Waals surface area (Å²) in [5, 5.41) is 0. The number of nitrogens with zero attached hydrogens (tertiary/aromatic N) is 2. The van der Waals surface area contributed by atoms with E-state index in [-0.39, 0.29) is 22.7 Å². The van der Waals surface area contributed by atoms with Crippen LogP contribution >= 0.6 is 0 Å². The Hall–Kier alpha value is -1.93. The molecular formula is C20H30N2O5S. The van der Waals surface area contributed by atoms with Crippen molar-refractivity contribution >= 4 is 21.9 Å². The van der Waals surface area contributed by atoms with Crippen LogP contribution in [0.5, 0.6) is 0 Å². The summed E-state index contributed by atoms with van der Waals surface area (Å²) in [6.45, 7) is 9.09. The van der Waals surface area contributed by atoms with Gasteiger partial charge < -0.3 is 9.64 Å². The zero-order chi connectivity index (χ0) is 20.9. The van der Waals surface area contributed by atoms with Gasteiger partial charge in [0.2, 0.25) is 10.0 Å². The number of hydrogen-bond acceptors (Lipinski definition) is 5. The van der Waals surface area contributed by atoms with E-state index in [1.165, 1.54) is 10.4 Å². The Labute approximate surface area is 167 Å². The van der Waals surface area contributed by atoms with E-state index in [9.17, 15) is 18.0 Å². The summed E-state index contributed by atoms with van der Waals surface area (Å²) in [5.41, 5.74) is 0.968. The second-order valence-corrected chi connectivity index (χ2v) is 8.79. The molecule has 156 valence electrons. The largest absolute Gasteiger partial charge is 0.466 e. The molecule has 1 amide bonds. The molecule has 1 fully saturated rings. The number of ether oxygens (including phenoxy) is 1. The number of sulfonamides is 1. The van der Waals surface area contributed by atoms with E-state index < -0.39 is 10.0 Å². The standard InChI is InChI=1S/C20H30N2O5S/c1-5-22(6-2)28(25,26)18-14-17(9-8-15(18)4)19(23)21-12-10-16(11-13-21)20(24)27-7-3/h8-9,14,16H,5-7,10-13H2,1-4H3. The van der Waals surface area contributed by atoms with Gasteiger partial charge in [0.05, 0.1) is 17.4 Å². The van der Waals surface area contributed by atoms with Gasteiger partial charge in [0.1, 0.15) is 0 Å². The molecule has 1 heterocycles. The molecule has 0 bridgehead atoms. The van der Waals surface area contributed by atoms with Crippen LogP contribution in [0, 0.1) is 12.8 Å². The highest BCUT2D eigenvalue weighted by molar-refractivity contribution is 7.89. The van der Waals surface area contributed by atoms with Gasteiger partial charge in [0.25, 0.3) is 5.91 Å². The third-order valence-corrected chi connectivity index (χ3v) is 7.35. The maximum atomic E-state index is 12.9. The van der Waals surface area contributed by atoms with Gasteiger partial charge in [0.15, 0.2) is 0 Å². The number of likely N-dealkylation sites (tertiary alicyclic amines) is 1. The fourth-order valence-electron chi connectivity index (χ4n) is 3.47. The molecule has 1 aromatic rings. The number of hydrogen-bond donors (Lipinski definition) is 0. The first-order chi connectivity index (χ1) is 13.3. The van der Waals surface area contributed by atoms with Crippen LogP contribution in [-0.2, 0) is 19.6 Å². The van der Waals surface area contributed by atoms with Crippen LogP contribution in [0.15, 0.2) is 23.1 Å². The second kappa shape index (κ2) is 9.52. The SMILES string of the molecule is CCOC(=O)C1CCN(C(=O)c2ccc(C)c(S(=O)(=O)N(CC)CC)c2)CC1. The lowest BCUT2D eigenvalue weighted by molar-refractivity contribution is -0.149. The molecule has 7 nitrogen and oxygen atoms in total. The van der Waals surface area contributed by atoms with Crippen molar-refractivity contribution in [3.63, 3.8) is 0 Å². The maximum Gasteiger partial charge on any atom is 0.309 e. The molecule has 1 aromatic carbocycles. The zero-order valence-corrected chi connectivity index (χ0v) is 17.9. The minimum absolute atomic E-state index is 0.170. The lowest BCUT2D eigenvalue weighted by Crippen LogP contribution is -2.40. The van der Waals surface area contributed by atoms with Crippen LogP contribution in [0.1, 0.15) is 49.5 Å². The molecule has 0 spiro atoms. The molecule has 28 heavy (non-hydrogen) atoms. The predicted molar refractivity (Wildman–Crippen MR) is 107 cm³/mol. The molecule has 1 aliphatic heterocycles. The van der Waals surface area contributed by atoms with E-state index in [1.54, 1.807) is 44.7 Å². The molecule has 2 rings (SSSR count). The number of rotatable bonds is 7. The molecule has 0 saturated carbocycles. The summed E-state index contributed by atoms with van der Waals surface area (Å²) < 4.78 is 32.2. The third kappa shape index (κ3) is 4.72. The molecule has 0 aliphatic carbocycles. The Kier molecular flexibility index (Phi) is 7.60. The smallest absolute Gasteiger partial charge is 0.309 e. The summed E-state index contributed by atoms with van der Waals surface area (Å²) in [6, 6.07) is 4.81. The molecular weight excluding hydrogens is 380 g/mol. The van der Waals surface area contributed by atoms with Crippen molar-refractivity contribution in [1.29, 1.82) is 0 Å². The van der Waals surface area contributed by atoms with E-state index in [1.807, 2.05) is 0 Å². The third-order valence-electron chi connectivity index (χ3n) is 5.16. The Bertz CT molecular complexity index is 810. The predicted octanol–water partition coefficient (Wildman–Crippen LogP) is 2.44. The highest BCUT2D eigenvalue weighted by atomic mass is 32.2. The number of carbonyl (C=O) groups excluding carboxylic acids is 2. The normalized spacial score (nSPS) is 15.7. The van der Waals surface area contributed by atoms with Crippen molar-refractivity contribution in [2.75, 3.05) is 32.8 Å². The van der Waals surface area contributed by atoms with Crippen LogP contribution in [0.25, 0.3) is 0 Å². The number of aryl methyl sites for hydroxylation is 1. The Morgan fingerprint density at radius 3 is 2.29 bits per heavy atom. The maximum absolute atomic E-state index is 12.9. The Morgan fingerprint density at radius 2 is 1.75 bits per heavy atom. The van der Waals surface area contributed by atoms with Crippen LogP contribution in [-0.4, -0.2) is 62.3 Å². The first-order valence-corrected chi connectivity index (χ1v) is 11.3. The van der Waals surface area contributed by atoms with E-state index in [0.29, 0.717) is 56.8 Å². The van der Waals surface area contributed by atoms with Gasteiger partial charge in [-0.3, -0.25) is 9.59 Å². The van der Waals surface area contributed by atoms with E-state index in [4.69, 9.17) is 4.74 Å². The van der Waals surface area contributed by atoms with Crippen LogP contribution in [0.2, 0.25) is 0 Å². The van der Waals surface area contributed by atoms with Gasteiger partial charge >= 0.3 is 5.97 Å². The number of piperidine rings is 1. The quantitative estimate of drug-likeness (QED) is 0.645. The summed E-state index contributed by atoms with van der Waals surface area (Å²) in [5.74, 6) is -0.600. The van der Waals surface area contributed by atoms with Gasteiger partial charge in [-0.1, -0.05) is 19.9 Å². The number of amides is 1. The van der Waals surface area contributed by atoms with Crippen molar-refractivity contribution in [2.45, 2.75) is 45.4 Å². The van der Waals surface area contributed by atoms with Gasteiger partial charge in [0, 0.05) is 31.7 Å². The van der Waals surface area contributed by atoms with E-state index in [0.717, 1.165) is 0 Å². The van der Waals surface area contributed by atoms with Gasteiger partial charge in [-0.2, -0.15) is 4.31 Å². The molecule has 0 N–H and O–H groups in total. The van der Waals surface area contributed by atoms with Gasteiger partial charge in [-0.25, -0.2) is 8.42 Å². The van der Waals surface area contributed by atoms with Crippen molar-refractivity contribution in [3.8, 4) is 0 Å². The summed E-state index contributed by atoms with van der Waals surface area (Å²) in [6.07, 6.45) is 1.11. The average molecular weight is 411 g/mol. The average Bonchev–Trinajstić information content (AvgIpc) is 2.68. The van der Waals surface area contributed by atoms with Crippen LogP contribution < -0.4 is 0 Å². The molecule has 1 saturated heterocycles. The fraction of sp³-hybridized carbons (Fsp3) is 0.600. The fourth-order valence-corrected chi connectivity index (χ4v) is 5.18. The van der Waals surface area contributed by atoms with Crippen molar-refractivity contribution in [1.82, 2.24) is 9.21 Å². The second-order valence-electron chi connectivity index (χ2n) is 6.89. The van der Waals surface area contributed by atoms with Crippen LogP contribution in [0.4, 0.5) is 0 Å².